The molecule has 0 unspecified atom stereocenters. The van der Waals surface area contributed by atoms with E-state index in [4.69, 9.17) is 60.6 Å². The van der Waals surface area contributed by atoms with Crippen molar-refractivity contribution in [2.45, 2.75) is 104 Å². The van der Waals surface area contributed by atoms with Gasteiger partial charge in [-0.25, -0.2) is 0 Å². The summed E-state index contributed by atoms with van der Waals surface area (Å²) >= 11 is 12.4. The third-order valence-electron chi connectivity index (χ3n) is 2.36. The van der Waals surface area contributed by atoms with E-state index in [0.29, 0.717) is 0 Å². The Morgan fingerprint density at radius 2 is 0.500 bits per heavy atom. The summed E-state index contributed by atoms with van der Waals surface area (Å²) in [4.78, 5) is 0. The molecule has 0 heterocycles. The molecule has 0 aromatic heterocycles. The van der Waals surface area contributed by atoms with Crippen LogP contribution >= 0.6 is 75.1 Å². The Bertz CT molecular complexity index is 261. The Morgan fingerprint density at radius 3 is 0.500 bits per heavy atom. The molecular weight excluding hydrogens is 680 g/mol. The van der Waals surface area contributed by atoms with Crippen molar-refractivity contribution in [3.05, 3.63) is 0 Å². The van der Waals surface area contributed by atoms with E-state index in [-0.39, 0.29) is 52.5 Å². The normalized spacial score (nSPS) is 12.8. The standard InChI is InChI=1S/2C8H18ClP.4ClH.2Pd/c2*1-7(2,3)10(9)8(4,5)6;;;;;;/h2*1-6H3;4*1H;;/q;;;;;;2*+2/p-4. The van der Waals surface area contributed by atoms with Gasteiger partial charge in [0.1, 0.15) is 0 Å². The Labute approximate surface area is 208 Å². The van der Waals surface area contributed by atoms with E-state index >= 15 is 0 Å². The van der Waals surface area contributed by atoms with Gasteiger partial charge in [0.15, 0.2) is 0 Å². The van der Waals surface area contributed by atoms with E-state index in [2.05, 4.69) is 83.1 Å². The summed E-state index contributed by atoms with van der Waals surface area (Å²) in [5.41, 5.74) is 0. The molecule has 0 rings (SSSR count). The van der Waals surface area contributed by atoms with Crippen LogP contribution in [-0.2, 0) is 31.9 Å². The van der Waals surface area contributed by atoms with Crippen molar-refractivity contribution in [1.29, 1.82) is 0 Å². The monoisotopic (exact) mass is 712 g/mol. The molecule has 0 spiro atoms. The third-order valence-corrected chi connectivity index (χ3v) is 13.2. The molecule has 0 aromatic carbocycles. The van der Waals surface area contributed by atoms with Crippen LogP contribution in [0.5, 0.6) is 0 Å². The quantitative estimate of drug-likeness (QED) is 0.173. The van der Waals surface area contributed by atoms with Gasteiger partial charge in [0.25, 0.3) is 0 Å². The molecule has 0 amide bonds. The fraction of sp³-hybridized carbons (Fsp3) is 1.00. The first-order valence-electron chi connectivity index (χ1n) is 7.71. The fourth-order valence-electron chi connectivity index (χ4n) is 2.01. The second kappa shape index (κ2) is 17.5. The van der Waals surface area contributed by atoms with Gasteiger partial charge >= 0.3 is 70.0 Å². The molecule has 0 atom stereocenters. The predicted molar refractivity (Wildman–Crippen MR) is 128 cm³/mol. The van der Waals surface area contributed by atoms with Gasteiger partial charge in [0.2, 0.25) is 0 Å². The molecule has 0 fully saturated rings. The van der Waals surface area contributed by atoms with Gasteiger partial charge in [-0.2, -0.15) is 0 Å². The maximum atomic E-state index is 6.30. The molecule has 0 saturated heterocycles. The molecule has 0 N–H and O–H groups in total. The van der Waals surface area contributed by atoms with Crippen LogP contribution < -0.4 is 0 Å². The van der Waals surface area contributed by atoms with Crippen molar-refractivity contribution in [1.82, 2.24) is 0 Å². The van der Waals surface area contributed by atoms with Crippen LogP contribution in [-0.4, -0.2) is 20.6 Å². The Hall–Kier alpha value is 3.92. The van der Waals surface area contributed by atoms with Gasteiger partial charge in [0, 0.05) is 14.5 Å². The van der Waals surface area contributed by atoms with E-state index in [1.165, 1.54) is 0 Å². The summed E-state index contributed by atoms with van der Waals surface area (Å²) in [7, 11) is 18.5. The molecule has 0 aliphatic rings. The molecule has 0 saturated carbocycles. The molecule has 172 valence electrons. The fourth-order valence-corrected chi connectivity index (χ4v) is 6.04. The van der Waals surface area contributed by atoms with E-state index in [1.54, 1.807) is 0 Å². The summed E-state index contributed by atoms with van der Waals surface area (Å²) in [6.45, 7) is 26.5. The number of rotatable bonds is 0. The third kappa shape index (κ3) is 26.0. The Balaban J connectivity index is -0.000000143. The van der Waals surface area contributed by atoms with Crippen LogP contribution in [0.2, 0.25) is 0 Å². The van der Waals surface area contributed by atoms with Crippen molar-refractivity contribution in [3.8, 4) is 0 Å². The first-order valence-corrected chi connectivity index (χ1v) is 20.2. The van der Waals surface area contributed by atoms with Gasteiger partial charge < -0.3 is 0 Å². The summed E-state index contributed by atoms with van der Waals surface area (Å²) in [5.74, 6) is 0. The van der Waals surface area contributed by atoms with Crippen molar-refractivity contribution < 1.29 is 31.9 Å². The van der Waals surface area contributed by atoms with Crippen LogP contribution in [0, 0.1) is 0 Å². The zero-order valence-corrected chi connectivity index (χ0v) is 27.2. The second-order valence-corrected chi connectivity index (χ2v) is 22.6. The van der Waals surface area contributed by atoms with Crippen LogP contribution in [0.1, 0.15) is 83.1 Å². The van der Waals surface area contributed by atoms with Gasteiger partial charge in [-0.3, -0.25) is 0 Å². The topological polar surface area (TPSA) is 0 Å². The zero-order valence-electron chi connectivity index (χ0n) is 17.8. The van der Waals surface area contributed by atoms with Gasteiger partial charge in [0.05, 0.1) is 0 Å². The van der Waals surface area contributed by atoms with Crippen LogP contribution in [0.4, 0.5) is 0 Å². The van der Waals surface area contributed by atoms with Crippen molar-refractivity contribution in [2.24, 2.45) is 0 Å². The summed E-state index contributed by atoms with van der Waals surface area (Å²) < 4.78 is 0. The molecule has 0 aliphatic carbocycles. The maximum absolute atomic E-state index is 6.30. The number of hydrogen-bond donors (Lipinski definition) is 0. The second-order valence-electron chi connectivity index (χ2n) is 9.34. The molecule has 10 heteroatoms. The minimum atomic E-state index is -0.390. The van der Waals surface area contributed by atoms with Gasteiger partial charge in [-0.15, -0.1) is 0 Å². The summed E-state index contributed by atoms with van der Waals surface area (Å²) in [5, 5.41) is 1.09. The molecule has 0 nitrogen and oxygen atoms in total. The van der Waals surface area contributed by atoms with Gasteiger partial charge in [-0.1, -0.05) is 106 Å². The summed E-state index contributed by atoms with van der Waals surface area (Å²) in [6.07, 6.45) is 0. The average molecular weight is 716 g/mol. The molecule has 0 bridgehead atoms. The number of halogens is 6. The van der Waals surface area contributed by atoms with E-state index in [9.17, 15) is 0 Å². The SMILES string of the molecule is CC(C)(C)P(Cl)C(C)(C)C.CC(C)(C)P(Cl)C(C)(C)C.[Cl][Pd][Cl].[Cl][Pd][Cl]. The van der Waals surface area contributed by atoms with E-state index in [1.807, 2.05) is 0 Å². The molecule has 0 aliphatic heterocycles. The van der Waals surface area contributed by atoms with Crippen molar-refractivity contribution >= 4 is 75.1 Å². The molecule has 26 heavy (non-hydrogen) atoms. The Kier molecular flexibility index (Phi) is 25.0. The van der Waals surface area contributed by atoms with Crippen molar-refractivity contribution in [3.63, 3.8) is 0 Å². The van der Waals surface area contributed by atoms with Crippen LogP contribution in [0.15, 0.2) is 0 Å². The first kappa shape index (κ1) is 37.3. The summed E-state index contributed by atoms with van der Waals surface area (Å²) in [6, 6.07) is 0. The van der Waals surface area contributed by atoms with Crippen LogP contribution in [0.3, 0.4) is 0 Å². The first-order chi connectivity index (χ1) is 11.1. The van der Waals surface area contributed by atoms with Crippen molar-refractivity contribution in [2.75, 3.05) is 0 Å². The average Bonchev–Trinajstić information content (AvgIpc) is 2.35. The number of hydrogen-bond acceptors (Lipinski definition) is 0. The van der Waals surface area contributed by atoms with E-state index < -0.39 is 14.5 Å². The predicted octanol–water partition coefficient (Wildman–Crippen LogP) is 11.2. The molecule has 0 radical (unpaired) electrons. The zero-order chi connectivity index (χ0) is 22.6. The molecular formula is C16H36Cl6P2Pd2. The van der Waals surface area contributed by atoms with E-state index in [0.717, 1.165) is 0 Å². The van der Waals surface area contributed by atoms with Gasteiger partial charge in [-0.05, 0) is 20.6 Å². The molecule has 0 aromatic rings. The Morgan fingerprint density at radius 1 is 0.423 bits per heavy atom. The minimum absolute atomic E-state index is 0.106. The van der Waals surface area contributed by atoms with Crippen LogP contribution in [0.25, 0.3) is 0 Å².